The van der Waals surface area contributed by atoms with E-state index in [9.17, 15) is 9.59 Å². The molecule has 0 aromatic heterocycles. The summed E-state index contributed by atoms with van der Waals surface area (Å²) in [7, 11) is 1.51. The van der Waals surface area contributed by atoms with Crippen molar-refractivity contribution in [2.75, 3.05) is 20.3 Å². The zero-order valence-corrected chi connectivity index (χ0v) is 5.22. The summed E-state index contributed by atoms with van der Waals surface area (Å²) in [5, 5.41) is 2.34. The van der Waals surface area contributed by atoms with Crippen molar-refractivity contribution in [3.8, 4) is 0 Å². The fourth-order valence-electron chi connectivity index (χ4n) is 0.272. The Morgan fingerprint density at radius 1 is 1.78 bits per heavy atom. The van der Waals surface area contributed by atoms with Crippen molar-refractivity contribution in [2.24, 2.45) is 0 Å². The topological polar surface area (TPSA) is 55.4 Å². The molecule has 0 atom stereocenters. The van der Waals surface area contributed by atoms with E-state index in [1.807, 2.05) is 0 Å². The van der Waals surface area contributed by atoms with E-state index in [1.54, 1.807) is 0 Å². The van der Waals surface area contributed by atoms with Crippen molar-refractivity contribution in [1.29, 1.82) is 0 Å². The fourth-order valence-corrected chi connectivity index (χ4v) is 0.272. The zero-order chi connectivity index (χ0) is 7.11. The van der Waals surface area contributed by atoms with Gasteiger partial charge in [-0.1, -0.05) is 0 Å². The number of amides is 1. The molecule has 0 bridgehead atoms. The molecule has 0 saturated carbocycles. The van der Waals surface area contributed by atoms with Gasteiger partial charge in [-0.2, -0.15) is 0 Å². The van der Waals surface area contributed by atoms with E-state index < -0.39 is 0 Å². The lowest BCUT2D eigenvalue weighted by atomic mass is 10.6. The van der Waals surface area contributed by atoms with Crippen LogP contribution in [0.5, 0.6) is 0 Å². The van der Waals surface area contributed by atoms with E-state index in [-0.39, 0.29) is 19.1 Å². The van der Waals surface area contributed by atoms with Crippen LogP contribution in [0, 0.1) is 0 Å². The molecule has 0 unspecified atom stereocenters. The number of aldehydes is 1. The molecule has 0 aliphatic rings. The van der Waals surface area contributed by atoms with Gasteiger partial charge in [0.15, 0.2) is 0 Å². The number of carbonyl (C=O) groups excluding carboxylic acids is 2. The molecule has 0 fully saturated rings. The van der Waals surface area contributed by atoms with Crippen LogP contribution in [-0.2, 0) is 14.3 Å². The second-order valence-electron chi connectivity index (χ2n) is 1.35. The van der Waals surface area contributed by atoms with Crippen LogP contribution in [0.15, 0.2) is 0 Å². The van der Waals surface area contributed by atoms with Crippen LogP contribution in [0.2, 0.25) is 0 Å². The Morgan fingerprint density at radius 3 is 2.89 bits per heavy atom. The van der Waals surface area contributed by atoms with Crippen molar-refractivity contribution >= 4 is 12.2 Å². The quantitative estimate of drug-likeness (QED) is 0.391. The van der Waals surface area contributed by atoms with Crippen LogP contribution in [0.4, 0.5) is 0 Å². The van der Waals surface area contributed by atoms with Crippen molar-refractivity contribution in [3.63, 3.8) is 0 Å². The van der Waals surface area contributed by atoms with E-state index in [0.29, 0.717) is 6.29 Å². The molecule has 4 nitrogen and oxygen atoms in total. The Balaban J connectivity index is 3.06. The van der Waals surface area contributed by atoms with Crippen LogP contribution < -0.4 is 5.32 Å². The van der Waals surface area contributed by atoms with Gasteiger partial charge in [-0.05, 0) is 0 Å². The first-order chi connectivity index (χ1) is 4.31. The standard InChI is InChI=1S/C5H9NO3/c1-6-5(8)4-9-3-2-7/h2H,3-4H2,1H3,(H,6,8). The van der Waals surface area contributed by atoms with E-state index >= 15 is 0 Å². The number of rotatable bonds is 4. The first kappa shape index (κ1) is 8.10. The van der Waals surface area contributed by atoms with E-state index in [4.69, 9.17) is 0 Å². The molecule has 0 radical (unpaired) electrons. The number of nitrogens with one attached hydrogen (secondary N) is 1. The van der Waals surface area contributed by atoms with Gasteiger partial charge in [-0.25, -0.2) is 0 Å². The number of carbonyl (C=O) groups is 2. The Labute approximate surface area is 53.2 Å². The van der Waals surface area contributed by atoms with Crippen LogP contribution >= 0.6 is 0 Å². The summed E-state index contributed by atoms with van der Waals surface area (Å²) in [6.45, 7) is -0.0668. The molecular weight excluding hydrogens is 122 g/mol. The molecule has 0 heterocycles. The maximum absolute atomic E-state index is 10.3. The SMILES string of the molecule is CNC(=O)COCC=O. The maximum Gasteiger partial charge on any atom is 0.245 e. The molecule has 4 heteroatoms. The molecule has 52 valence electrons. The molecule has 0 aromatic carbocycles. The number of likely N-dealkylation sites (N-methyl/N-ethyl adjacent to an activating group) is 1. The summed E-state index contributed by atoms with van der Waals surface area (Å²) in [6.07, 6.45) is 0.600. The smallest absolute Gasteiger partial charge is 0.245 e. The summed E-state index contributed by atoms with van der Waals surface area (Å²) >= 11 is 0. The molecule has 9 heavy (non-hydrogen) atoms. The third-order valence-electron chi connectivity index (χ3n) is 0.698. The molecule has 0 aromatic rings. The van der Waals surface area contributed by atoms with E-state index in [2.05, 4.69) is 10.1 Å². The van der Waals surface area contributed by atoms with Crippen molar-refractivity contribution in [2.45, 2.75) is 0 Å². The molecule has 0 spiro atoms. The van der Waals surface area contributed by atoms with E-state index in [1.165, 1.54) is 7.05 Å². The Hall–Kier alpha value is -0.900. The lowest BCUT2D eigenvalue weighted by Gasteiger charge is -1.96. The largest absolute Gasteiger partial charge is 0.364 e. The minimum absolute atomic E-state index is 0.0204. The van der Waals surface area contributed by atoms with Crippen molar-refractivity contribution in [1.82, 2.24) is 5.32 Å². The summed E-state index contributed by atoms with van der Waals surface area (Å²) in [4.78, 5) is 20.0. The highest BCUT2D eigenvalue weighted by Gasteiger charge is 1.94. The van der Waals surface area contributed by atoms with Crippen LogP contribution in [0.25, 0.3) is 0 Å². The minimum atomic E-state index is -0.225. The number of hydrogen-bond donors (Lipinski definition) is 1. The Morgan fingerprint density at radius 2 is 2.44 bits per heavy atom. The summed E-state index contributed by atoms with van der Waals surface area (Å²) in [5.74, 6) is -0.225. The molecule has 0 saturated heterocycles. The van der Waals surface area contributed by atoms with Gasteiger partial charge < -0.3 is 14.8 Å². The maximum atomic E-state index is 10.3. The molecule has 0 rings (SSSR count). The molecule has 0 aliphatic heterocycles. The third kappa shape index (κ3) is 4.96. The van der Waals surface area contributed by atoms with Crippen LogP contribution in [-0.4, -0.2) is 32.5 Å². The second kappa shape index (κ2) is 5.24. The van der Waals surface area contributed by atoms with Gasteiger partial charge in [0, 0.05) is 7.05 Å². The summed E-state index contributed by atoms with van der Waals surface area (Å²) in [6, 6.07) is 0. The third-order valence-corrected chi connectivity index (χ3v) is 0.698. The number of ether oxygens (including phenoxy) is 1. The average molecular weight is 131 g/mol. The summed E-state index contributed by atoms with van der Waals surface area (Å²) < 4.78 is 4.56. The second-order valence-corrected chi connectivity index (χ2v) is 1.35. The highest BCUT2D eigenvalue weighted by Crippen LogP contribution is 1.69. The zero-order valence-electron chi connectivity index (χ0n) is 5.22. The highest BCUT2D eigenvalue weighted by atomic mass is 16.5. The summed E-state index contributed by atoms with van der Waals surface area (Å²) in [5.41, 5.74) is 0. The van der Waals surface area contributed by atoms with Gasteiger partial charge >= 0.3 is 0 Å². The van der Waals surface area contributed by atoms with Gasteiger partial charge in [0.05, 0.1) is 0 Å². The van der Waals surface area contributed by atoms with Gasteiger partial charge in [0.2, 0.25) is 5.91 Å². The van der Waals surface area contributed by atoms with E-state index in [0.717, 1.165) is 0 Å². The normalized spacial score (nSPS) is 8.56. The highest BCUT2D eigenvalue weighted by molar-refractivity contribution is 5.76. The molecule has 1 amide bonds. The monoisotopic (exact) mass is 131 g/mol. The fraction of sp³-hybridized carbons (Fsp3) is 0.600. The first-order valence-electron chi connectivity index (χ1n) is 2.53. The minimum Gasteiger partial charge on any atom is -0.364 e. The van der Waals surface area contributed by atoms with Gasteiger partial charge in [-0.15, -0.1) is 0 Å². The molecule has 0 aliphatic carbocycles. The average Bonchev–Trinajstić information content (AvgIpc) is 1.89. The van der Waals surface area contributed by atoms with Gasteiger partial charge in [0.25, 0.3) is 0 Å². The van der Waals surface area contributed by atoms with Crippen LogP contribution in [0.3, 0.4) is 0 Å². The predicted molar refractivity (Wildman–Crippen MR) is 30.9 cm³/mol. The van der Waals surface area contributed by atoms with Gasteiger partial charge in [0.1, 0.15) is 19.5 Å². The predicted octanol–water partition coefficient (Wildman–Crippen LogP) is -1.05. The van der Waals surface area contributed by atoms with Crippen LogP contribution in [0.1, 0.15) is 0 Å². The Bertz CT molecular complexity index is 102. The first-order valence-corrected chi connectivity index (χ1v) is 2.53. The van der Waals surface area contributed by atoms with Crippen molar-refractivity contribution < 1.29 is 14.3 Å². The van der Waals surface area contributed by atoms with Crippen molar-refractivity contribution in [3.05, 3.63) is 0 Å². The lowest BCUT2D eigenvalue weighted by Crippen LogP contribution is -2.23. The molecule has 1 N–H and O–H groups in total. The lowest BCUT2D eigenvalue weighted by molar-refractivity contribution is -0.126. The number of hydrogen-bond acceptors (Lipinski definition) is 3. The van der Waals surface area contributed by atoms with Gasteiger partial charge in [-0.3, -0.25) is 4.79 Å². The molecular formula is C5H9NO3. The Kier molecular flexibility index (Phi) is 4.72.